The molecule has 6 nitrogen and oxygen atoms in total. The number of rotatable bonds is 8. The Labute approximate surface area is 128 Å². The van der Waals surface area contributed by atoms with Crippen LogP contribution >= 0.6 is 11.6 Å². The molecule has 0 aromatic heterocycles. The second-order valence-electron chi connectivity index (χ2n) is 4.53. The van der Waals surface area contributed by atoms with Gasteiger partial charge in [0, 0.05) is 24.4 Å². The lowest BCUT2D eigenvalue weighted by molar-refractivity contribution is -0.117. The van der Waals surface area contributed by atoms with Gasteiger partial charge in [0.15, 0.2) is 0 Å². The summed E-state index contributed by atoms with van der Waals surface area (Å²) in [6, 6.07) is 3.11. The standard InChI is InChI=1S/C14H19ClN2O4/c1-16-13-9-7-10(15)12(8-11(9)17-14(13)18)21-6-5-20-4-3-19-2/h7-8,13,16H,3-6H2,1-2H3,(H,17,18). The van der Waals surface area contributed by atoms with Crippen molar-refractivity contribution in [3.8, 4) is 5.75 Å². The zero-order chi connectivity index (χ0) is 15.2. The minimum atomic E-state index is -0.371. The van der Waals surface area contributed by atoms with Gasteiger partial charge in [0.05, 0.1) is 24.8 Å². The molecule has 0 fully saturated rings. The summed E-state index contributed by atoms with van der Waals surface area (Å²) in [5, 5.41) is 6.22. The number of hydrogen-bond donors (Lipinski definition) is 2. The SMILES string of the molecule is CNC1C(=O)Nc2cc(OCCOCCOC)c(Cl)cc21. The molecule has 1 amide bonds. The highest BCUT2D eigenvalue weighted by atomic mass is 35.5. The van der Waals surface area contributed by atoms with Crippen LogP contribution in [0.5, 0.6) is 5.75 Å². The Hall–Kier alpha value is -1.34. The van der Waals surface area contributed by atoms with Crippen LogP contribution in [-0.2, 0) is 14.3 Å². The number of fused-ring (bicyclic) bond motifs is 1. The molecule has 0 spiro atoms. The van der Waals surface area contributed by atoms with Crippen molar-refractivity contribution in [3.63, 3.8) is 0 Å². The number of halogens is 1. The van der Waals surface area contributed by atoms with E-state index in [1.54, 1.807) is 26.3 Å². The maximum absolute atomic E-state index is 11.8. The molecule has 1 aromatic carbocycles. The number of hydrogen-bond acceptors (Lipinski definition) is 5. The summed E-state index contributed by atoms with van der Waals surface area (Å²) in [7, 11) is 3.35. The summed E-state index contributed by atoms with van der Waals surface area (Å²) in [5.74, 6) is 0.437. The third-order valence-corrected chi connectivity index (χ3v) is 3.44. The molecular weight excluding hydrogens is 296 g/mol. The summed E-state index contributed by atoms with van der Waals surface area (Å²) in [5.41, 5.74) is 1.55. The summed E-state index contributed by atoms with van der Waals surface area (Å²) in [6.07, 6.45) is 0. The number of amides is 1. The third-order valence-electron chi connectivity index (χ3n) is 3.14. The Morgan fingerprint density at radius 3 is 2.76 bits per heavy atom. The Bertz CT molecular complexity index is 510. The van der Waals surface area contributed by atoms with Gasteiger partial charge < -0.3 is 24.8 Å². The molecule has 116 valence electrons. The lowest BCUT2D eigenvalue weighted by Gasteiger charge is -2.11. The monoisotopic (exact) mass is 314 g/mol. The average molecular weight is 315 g/mol. The van der Waals surface area contributed by atoms with E-state index in [4.69, 9.17) is 25.8 Å². The van der Waals surface area contributed by atoms with Crippen LogP contribution in [0.25, 0.3) is 0 Å². The number of anilines is 1. The highest BCUT2D eigenvalue weighted by Gasteiger charge is 2.30. The van der Waals surface area contributed by atoms with Crippen LogP contribution in [0.3, 0.4) is 0 Å². The van der Waals surface area contributed by atoms with Crippen LogP contribution in [0.1, 0.15) is 11.6 Å². The van der Waals surface area contributed by atoms with Crippen LogP contribution in [-0.4, -0.2) is 46.5 Å². The minimum Gasteiger partial charge on any atom is -0.490 e. The van der Waals surface area contributed by atoms with E-state index < -0.39 is 0 Å². The Morgan fingerprint density at radius 1 is 1.29 bits per heavy atom. The van der Waals surface area contributed by atoms with Gasteiger partial charge >= 0.3 is 0 Å². The van der Waals surface area contributed by atoms with Crippen LogP contribution in [0.2, 0.25) is 5.02 Å². The average Bonchev–Trinajstić information content (AvgIpc) is 2.77. The molecule has 2 N–H and O–H groups in total. The van der Waals surface area contributed by atoms with Crippen molar-refractivity contribution in [2.24, 2.45) is 0 Å². The molecule has 2 rings (SSSR count). The number of ether oxygens (including phenoxy) is 3. The van der Waals surface area contributed by atoms with Gasteiger partial charge in [0.25, 0.3) is 0 Å². The molecule has 1 aromatic rings. The second-order valence-corrected chi connectivity index (χ2v) is 4.94. The smallest absolute Gasteiger partial charge is 0.246 e. The maximum Gasteiger partial charge on any atom is 0.246 e. The fourth-order valence-electron chi connectivity index (χ4n) is 2.11. The Morgan fingerprint density at radius 2 is 2.05 bits per heavy atom. The van der Waals surface area contributed by atoms with Gasteiger partial charge in [-0.05, 0) is 13.1 Å². The Balaban J connectivity index is 1.94. The molecule has 21 heavy (non-hydrogen) atoms. The van der Waals surface area contributed by atoms with Gasteiger partial charge in [-0.3, -0.25) is 4.79 Å². The number of nitrogens with one attached hydrogen (secondary N) is 2. The molecule has 0 aliphatic carbocycles. The summed E-state index contributed by atoms with van der Waals surface area (Å²) in [6.45, 7) is 1.91. The van der Waals surface area contributed by atoms with Gasteiger partial charge in [0.1, 0.15) is 18.4 Å². The number of methoxy groups -OCH3 is 1. The third kappa shape index (κ3) is 3.85. The topological polar surface area (TPSA) is 68.8 Å². The van der Waals surface area contributed by atoms with Crippen LogP contribution in [0.15, 0.2) is 12.1 Å². The van der Waals surface area contributed by atoms with Crippen molar-refractivity contribution in [3.05, 3.63) is 22.7 Å². The van der Waals surface area contributed by atoms with Gasteiger partial charge in [-0.25, -0.2) is 0 Å². The van der Waals surface area contributed by atoms with E-state index in [9.17, 15) is 4.79 Å². The molecule has 0 radical (unpaired) electrons. The summed E-state index contributed by atoms with van der Waals surface area (Å²) >= 11 is 6.19. The molecule has 0 saturated heterocycles. The van der Waals surface area contributed by atoms with E-state index in [1.807, 2.05) is 0 Å². The van der Waals surface area contributed by atoms with Gasteiger partial charge in [-0.15, -0.1) is 0 Å². The molecule has 0 bridgehead atoms. The Kier molecular flexibility index (Phi) is 5.81. The van der Waals surface area contributed by atoms with E-state index in [1.165, 1.54) is 0 Å². The van der Waals surface area contributed by atoms with Crippen molar-refractivity contribution < 1.29 is 19.0 Å². The fourth-order valence-corrected chi connectivity index (χ4v) is 2.34. The zero-order valence-corrected chi connectivity index (χ0v) is 12.8. The number of likely N-dealkylation sites (N-methyl/N-ethyl adjacent to an activating group) is 1. The lowest BCUT2D eigenvalue weighted by atomic mass is 10.1. The number of benzene rings is 1. The molecule has 1 unspecified atom stereocenters. The first-order chi connectivity index (χ1) is 10.2. The van der Waals surface area contributed by atoms with Gasteiger partial charge in [0.2, 0.25) is 5.91 Å². The predicted octanol–water partition coefficient (Wildman–Crippen LogP) is 1.59. The highest BCUT2D eigenvalue weighted by Crippen LogP contribution is 2.38. The normalized spacial score (nSPS) is 16.7. The molecule has 1 aliphatic rings. The van der Waals surface area contributed by atoms with Crippen LogP contribution < -0.4 is 15.4 Å². The molecule has 1 aliphatic heterocycles. The lowest BCUT2D eigenvalue weighted by Crippen LogP contribution is -2.23. The number of carbonyl (C=O) groups is 1. The van der Waals surface area contributed by atoms with Crippen molar-refractivity contribution in [2.75, 3.05) is 45.9 Å². The van der Waals surface area contributed by atoms with Gasteiger partial charge in [-0.1, -0.05) is 11.6 Å². The molecule has 1 heterocycles. The van der Waals surface area contributed by atoms with Crippen molar-refractivity contribution in [1.82, 2.24) is 5.32 Å². The number of carbonyl (C=O) groups excluding carboxylic acids is 1. The van der Waals surface area contributed by atoms with Crippen molar-refractivity contribution >= 4 is 23.2 Å². The van der Waals surface area contributed by atoms with Crippen molar-refractivity contribution in [1.29, 1.82) is 0 Å². The van der Waals surface area contributed by atoms with Crippen LogP contribution in [0.4, 0.5) is 5.69 Å². The molecule has 0 saturated carbocycles. The highest BCUT2D eigenvalue weighted by molar-refractivity contribution is 6.32. The van der Waals surface area contributed by atoms with Crippen LogP contribution in [0, 0.1) is 0 Å². The van der Waals surface area contributed by atoms with E-state index >= 15 is 0 Å². The second kappa shape index (κ2) is 7.61. The quantitative estimate of drug-likeness (QED) is 0.713. The zero-order valence-electron chi connectivity index (χ0n) is 12.1. The van der Waals surface area contributed by atoms with E-state index in [0.717, 1.165) is 11.3 Å². The molecule has 7 heteroatoms. The van der Waals surface area contributed by atoms with Gasteiger partial charge in [-0.2, -0.15) is 0 Å². The molecule has 1 atom stereocenters. The summed E-state index contributed by atoms with van der Waals surface area (Å²) in [4.78, 5) is 11.8. The first-order valence-electron chi connectivity index (χ1n) is 6.68. The van der Waals surface area contributed by atoms with E-state index in [2.05, 4.69) is 10.6 Å². The minimum absolute atomic E-state index is 0.0939. The summed E-state index contributed by atoms with van der Waals surface area (Å²) < 4.78 is 15.8. The molecular formula is C14H19ClN2O4. The fraction of sp³-hybridized carbons (Fsp3) is 0.500. The first-order valence-corrected chi connectivity index (χ1v) is 7.06. The first kappa shape index (κ1) is 16.0. The van der Waals surface area contributed by atoms with E-state index in [0.29, 0.717) is 37.2 Å². The largest absolute Gasteiger partial charge is 0.490 e. The van der Waals surface area contributed by atoms with E-state index in [-0.39, 0.29) is 11.9 Å². The van der Waals surface area contributed by atoms with Crippen molar-refractivity contribution in [2.45, 2.75) is 6.04 Å². The predicted molar refractivity (Wildman–Crippen MR) is 80.1 cm³/mol. The maximum atomic E-state index is 11.8.